The highest BCUT2D eigenvalue weighted by Crippen LogP contribution is 2.68. The van der Waals surface area contributed by atoms with E-state index < -0.39 is 0 Å². The highest BCUT2D eigenvalue weighted by atomic mass is 14.6. The molecule has 138 valence electrons. The lowest BCUT2D eigenvalue weighted by atomic mass is 9.44. The number of hydrogen-bond acceptors (Lipinski definition) is 0. The molecule has 4 saturated carbocycles. The SMILES string of the molecule is CCCC(C)[C@H]1CC[C@H]2[C@@H]3CC[C@@H]4CCCC[C@]4(C)[C@H]3CC[C@]12C. The van der Waals surface area contributed by atoms with Gasteiger partial charge in [-0.3, -0.25) is 0 Å². The lowest BCUT2D eigenvalue weighted by Gasteiger charge is -2.61. The van der Waals surface area contributed by atoms with Crippen molar-refractivity contribution in [1.29, 1.82) is 0 Å². The fraction of sp³-hybridized carbons (Fsp3) is 1.00. The van der Waals surface area contributed by atoms with Crippen molar-refractivity contribution in [2.45, 2.75) is 105 Å². The molecule has 0 amide bonds. The number of hydrogen-bond donors (Lipinski definition) is 0. The summed E-state index contributed by atoms with van der Waals surface area (Å²) in [6, 6.07) is 0. The average Bonchev–Trinajstić information content (AvgIpc) is 2.92. The lowest BCUT2D eigenvalue weighted by Crippen LogP contribution is -2.53. The smallest absolute Gasteiger partial charge is 0.0264 e. The van der Waals surface area contributed by atoms with Crippen molar-refractivity contribution in [3.05, 3.63) is 0 Å². The van der Waals surface area contributed by atoms with E-state index in [0.717, 1.165) is 40.9 Å². The van der Waals surface area contributed by atoms with Crippen molar-refractivity contribution in [3.8, 4) is 0 Å². The molecule has 0 aromatic carbocycles. The third-order valence-corrected chi connectivity index (χ3v) is 10.1. The van der Waals surface area contributed by atoms with E-state index in [1.54, 1.807) is 51.4 Å². The molecule has 0 nitrogen and oxygen atoms in total. The standard InChI is InChI=1S/C24H42/c1-5-8-17(2)20-12-13-21-19-11-10-18-9-6-7-15-23(18,3)22(19)14-16-24(20,21)4/h17-22H,5-16H2,1-4H3/t17?,18-,19-,20+,21-,22-,23-,24+/m0/s1. The van der Waals surface area contributed by atoms with E-state index in [1.165, 1.54) is 25.7 Å². The summed E-state index contributed by atoms with van der Waals surface area (Å²) in [5.74, 6) is 6.30. The highest BCUT2D eigenvalue weighted by molar-refractivity contribution is 5.09. The molecule has 0 bridgehead atoms. The summed E-state index contributed by atoms with van der Waals surface area (Å²) in [6.07, 6.45) is 18.4. The molecule has 0 aliphatic heterocycles. The topological polar surface area (TPSA) is 0 Å². The predicted molar refractivity (Wildman–Crippen MR) is 104 cm³/mol. The zero-order chi connectivity index (χ0) is 16.9. The zero-order valence-electron chi connectivity index (χ0n) is 16.9. The van der Waals surface area contributed by atoms with E-state index in [2.05, 4.69) is 27.7 Å². The van der Waals surface area contributed by atoms with E-state index >= 15 is 0 Å². The summed E-state index contributed by atoms with van der Waals surface area (Å²) < 4.78 is 0. The van der Waals surface area contributed by atoms with Gasteiger partial charge in [0.2, 0.25) is 0 Å². The Bertz CT molecular complexity index is 453. The second-order valence-electron chi connectivity index (χ2n) is 10.9. The molecule has 4 aliphatic carbocycles. The average molecular weight is 331 g/mol. The van der Waals surface area contributed by atoms with Crippen molar-refractivity contribution in [2.75, 3.05) is 0 Å². The summed E-state index contributed by atoms with van der Waals surface area (Å²) in [5.41, 5.74) is 1.41. The van der Waals surface area contributed by atoms with Crippen LogP contribution in [-0.2, 0) is 0 Å². The molecule has 0 saturated heterocycles. The first-order valence-corrected chi connectivity index (χ1v) is 11.5. The van der Waals surface area contributed by atoms with E-state index in [9.17, 15) is 0 Å². The molecular formula is C24H42. The Morgan fingerprint density at radius 1 is 0.833 bits per heavy atom. The van der Waals surface area contributed by atoms with E-state index in [1.807, 2.05) is 0 Å². The minimum atomic E-state index is 0.688. The van der Waals surface area contributed by atoms with Crippen LogP contribution in [0, 0.1) is 46.3 Å². The van der Waals surface area contributed by atoms with Gasteiger partial charge in [-0.25, -0.2) is 0 Å². The molecule has 0 heterocycles. The van der Waals surface area contributed by atoms with Crippen molar-refractivity contribution < 1.29 is 0 Å². The van der Waals surface area contributed by atoms with Crippen LogP contribution in [-0.4, -0.2) is 0 Å². The number of rotatable bonds is 3. The van der Waals surface area contributed by atoms with Gasteiger partial charge >= 0.3 is 0 Å². The second kappa shape index (κ2) is 6.31. The summed E-state index contributed by atoms with van der Waals surface area (Å²) in [4.78, 5) is 0. The maximum Gasteiger partial charge on any atom is -0.0264 e. The third kappa shape index (κ3) is 2.44. The Kier molecular flexibility index (Phi) is 4.58. The molecule has 1 unspecified atom stereocenters. The lowest BCUT2D eigenvalue weighted by molar-refractivity contribution is -0.114. The normalized spacial score (nSPS) is 52.2. The third-order valence-electron chi connectivity index (χ3n) is 10.1. The number of fused-ring (bicyclic) bond motifs is 5. The van der Waals surface area contributed by atoms with E-state index in [-0.39, 0.29) is 0 Å². The van der Waals surface area contributed by atoms with Crippen LogP contribution in [0.4, 0.5) is 0 Å². The minimum Gasteiger partial charge on any atom is -0.0654 e. The molecular weight excluding hydrogens is 288 g/mol. The van der Waals surface area contributed by atoms with Gasteiger partial charge in [-0.05, 0) is 97.7 Å². The van der Waals surface area contributed by atoms with Crippen LogP contribution in [0.5, 0.6) is 0 Å². The fourth-order valence-corrected chi connectivity index (χ4v) is 8.93. The Morgan fingerprint density at radius 3 is 2.42 bits per heavy atom. The van der Waals surface area contributed by atoms with Crippen molar-refractivity contribution in [1.82, 2.24) is 0 Å². The van der Waals surface area contributed by atoms with Crippen LogP contribution in [0.3, 0.4) is 0 Å². The van der Waals surface area contributed by atoms with Gasteiger partial charge in [-0.15, -0.1) is 0 Å². The van der Waals surface area contributed by atoms with Gasteiger partial charge < -0.3 is 0 Å². The first-order valence-electron chi connectivity index (χ1n) is 11.5. The van der Waals surface area contributed by atoms with Crippen LogP contribution in [0.25, 0.3) is 0 Å². The maximum atomic E-state index is 2.73. The molecule has 8 atom stereocenters. The zero-order valence-corrected chi connectivity index (χ0v) is 16.9. The summed E-state index contributed by atoms with van der Waals surface area (Å²) in [7, 11) is 0. The second-order valence-corrected chi connectivity index (χ2v) is 10.9. The van der Waals surface area contributed by atoms with Gasteiger partial charge in [0, 0.05) is 0 Å². The maximum absolute atomic E-state index is 2.73. The Balaban J connectivity index is 1.57. The van der Waals surface area contributed by atoms with Crippen LogP contribution < -0.4 is 0 Å². The summed E-state index contributed by atoms with van der Waals surface area (Å²) >= 11 is 0. The summed E-state index contributed by atoms with van der Waals surface area (Å²) in [6.45, 7) is 10.4. The molecule has 0 heteroatoms. The van der Waals surface area contributed by atoms with Gasteiger partial charge in [-0.1, -0.05) is 53.4 Å². The molecule has 0 aromatic heterocycles. The molecule has 0 aromatic rings. The Hall–Kier alpha value is 0. The predicted octanol–water partition coefficient (Wildman–Crippen LogP) is 7.47. The molecule has 0 spiro atoms. The largest absolute Gasteiger partial charge is 0.0654 e. The van der Waals surface area contributed by atoms with E-state index in [4.69, 9.17) is 0 Å². The Labute approximate surface area is 151 Å². The van der Waals surface area contributed by atoms with Gasteiger partial charge in [0.25, 0.3) is 0 Å². The minimum absolute atomic E-state index is 0.688. The van der Waals surface area contributed by atoms with Gasteiger partial charge in [0.15, 0.2) is 0 Å². The molecule has 4 rings (SSSR count). The molecule has 0 N–H and O–H groups in total. The van der Waals surface area contributed by atoms with Gasteiger partial charge in [0.1, 0.15) is 0 Å². The van der Waals surface area contributed by atoms with Crippen molar-refractivity contribution in [3.63, 3.8) is 0 Å². The molecule has 0 radical (unpaired) electrons. The van der Waals surface area contributed by atoms with Crippen LogP contribution >= 0.6 is 0 Å². The quantitative estimate of drug-likeness (QED) is 0.503. The molecule has 4 aliphatic rings. The van der Waals surface area contributed by atoms with Gasteiger partial charge in [0.05, 0.1) is 0 Å². The first-order chi connectivity index (χ1) is 11.5. The van der Waals surface area contributed by atoms with Crippen LogP contribution in [0.2, 0.25) is 0 Å². The Morgan fingerprint density at radius 2 is 1.62 bits per heavy atom. The van der Waals surface area contributed by atoms with Crippen LogP contribution in [0.15, 0.2) is 0 Å². The van der Waals surface area contributed by atoms with Crippen LogP contribution in [0.1, 0.15) is 105 Å². The summed E-state index contributed by atoms with van der Waals surface area (Å²) in [5, 5.41) is 0. The highest BCUT2D eigenvalue weighted by Gasteiger charge is 2.59. The first kappa shape index (κ1) is 17.4. The molecule has 4 fully saturated rings. The van der Waals surface area contributed by atoms with Crippen molar-refractivity contribution >= 4 is 0 Å². The van der Waals surface area contributed by atoms with Crippen molar-refractivity contribution in [2.24, 2.45) is 46.3 Å². The fourth-order valence-electron chi connectivity index (χ4n) is 8.93. The monoisotopic (exact) mass is 330 g/mol. The van der Waals surface area contributed by atoms with Gasteiger partial charge in [-0.2, -0.15) is 0 Å². The van der Waals surface area contributed by atoms with E-state index in [0.29, 0.717) is 5.41 Å². The molecule has 24 heavy (non-hydrogen) atoms.